The number of carbonyl (C=O) groups is 1. The maximum atomic E-state index is 12.5. The molecule has 0 bridgehead atoms. The van der Waals surface area contributed by atoms with E-state index in [1.54, 1.807) is 6.20 Å². The zero-order chi connectivity index (χ0) is 12.4. The molecule has 1 unspecified atom stereocenters. The van der Waals surface area contributed by atoms with Crippen LogP contribution in [0.1, 0.15) is 23.2 Å². The number of ether oxygens (including phenoxy) is 1. The molecule has 3 nitrogen and oxygen atoms in total. The Bertz CT molecular complexity index is 568. The lowest BCUT2D eigenvalue weighted by Gasteiger charge is -2.21. The molecule has 3 heteroatoms. The highest BCUT2D eigenvalue weighted by Gasteiger charge is 2.24. The lowest BCUT2D eigenvalue weighted by atomic mass is 9.91. The molecule has 1 saturated heterocycles. The number of hydrogen-bond donors (Lipinski definition) is 0. The molecular formula is C15H15NO2. The van der Waals surface area contributed by atoms with E-state index >= 15 is 0 Å². The molecule has 0 aliphatic carbocycles. The van der Waals surface area contributed by atoms with E-state index in [1.165, 1.54) is 0 Å². The largest absolute Gasteiger partial charge is 0.381 e. The van der Waals surface area contributed by atoms with Gasteiger partial charge in [-0.25, -0.2) is 0 Å². The van der Waals surface area contributed by atoms with Gasteiger partial charge in [0.15, 0.2) is 5.78 Å². The first-order valence-electron chi connectivity index (χ1n) is 6.32. The Labute approximate surface area is 106 Å². The molecule has 1 aromatic heterocycles. The third-order valence-electron chi connectivity index (χ3n) is 3.45. The van der Waals surface area contributed by atoms with Crippen LogP contribution in [-0.2, 0) is 4.74 Å². The Balaban J connectivity index is 2.00. The molecule has 2 aromatic rings. The summed E-state index contributed by atoms with van der Waals surface area (Å²) in [6.45, 7) is 1.33. The van der Waals surface area contributed by atoms with Crippen LogP contribution in [0, 0.1) is 5.92 Å². The lowest BCUT2D eigenvalue weighted by Crippen LogP contribution is -2.25. The Kier molecular flexibility index (Phi) is 3.07. The summed E-state index contributed by atoms with van der Waals surface area (Å²) in [5, 5.41) is 0.940. The Morgan fingerprint density at radius 3 is 3.00 bits per heavy atom. The molecule has 0 spiro atoms. The summed E-state index contributed by atoms with van der Waals surface area (Å²) in [5.74, 6) is 0.192. The number of aromatic nitrogens is 1. The first-order valence-corrected chi connectivity index (χ1v) is 6.32. The smallest absolute Gasteiger partial charge is 0.168 e. The second-order valence-corrected chi connectivity index (χ2v) is 4.65. The molecule has 0 saturated carbocycles. The highest BCUT2D eigenvalue weighted by atomic mass is 16.5. The third-order valence-corrected chi connectivity index (χ3v) is 3.45. The predicted octanol–water partition coefficient (Wildman–Crippen LogP) is 2.84. The summed E-state index contributed by atoms with van der Waals surface area (Å²) in [4.78, 5) is 16.8. The van der Waals surface area contributed by atoms with E-state index < -0.39 is 0 Å². The average molecular weight is 241 g/mol. The van der Waals surface area contributed by atoms with Crippen LogP contribution in [0.3, 0.4) is 0 Å². The van der Waals surface area contributed by atoms with Crippen LogP contribution in [0.2, 0.25) is 0 Å². The molecule has 0 amide bonds. The molecule has 18 heavy (non-hydrogen) atoms. The fourth-order valence-electron chi connectivity index (χ4n) is 2.48. The summed E-state index contributed by atoms with van der Waals surface area (Å²) in [6, 6.07) is 9.59. The second kappa shape index (κ2) is 4.86. The van der Waals surface area contributed by atoms with Crippen molar-refractivity contribution in [3.05, 3.63) is 42.1 Å². The summed E-state index contributed by atoms with van der Waals surface area (Å²) in [6.07, 6.45) is 3.61. The molecule has 92 valence electrons. The van der Waals surface area contributed by atoms with Crippen molar-refractivity contribution in [1.82, 2.24) is 4.98 Å². The van der Waals surface area contributed by atoms with Crippen LogP contribution >= 0.6 is 0 Å². The van der Waals surface area contributed by atoms with Gasteiger partial charge in [-0.2, -0.15) is 0 Å². The number of fused-ring (bicyclic) bond motifs is 1. The lowest BCUT2D eigenvalue weighted by molar-refractivity contribution is 0.0462. The number of benzene rings is 1. The molecule has 3 rings (SSSR count). The van der Waals surface area contributed by atoms with Crippen molar-refractivity contribution in [3.63, 3.8) is 0 Å². The van der Waals surface area contributed by atoms with E-state index in [1.807, 2.05) is 30.3 Å². The predicted molar refractivity (Wildman–Crippen MR) is 69.6 cm³/mol. The molecule has 0 radical (unpaired) electrons. The van der Waals surface area contributed by atoms with Gasteiger partial charge in [0, 0.05) is 29.7 Å². The standard InChI is InChI=1S/C15H15NO2/c17-15(11-4-3-9-18-10-11)13-7-8-16-14-6-2-1-5-12(13)14/h1-2,5-8,11H,3-4,9-10H2. The average Bonchev–Trinajstić information content (AvgIpc) is 2.47. The van der Waals surface area contributed by atoms with Crippen molar-refractivity contribution in [1.29, 1.82) is 0 Å². The van der Waals surface area contributed by atoms with Crippen molar-refractivity contribution >= 4 is 16.7 Å². The molecule has 0 N–H and O–H groups in total. The summed E-state index contributed by atoms with van der Waals surface area (Å²) < 4.78 is 5.40. The van der Waals surface area contributed by atoms with Crippen LogP contribution in [-0.4, -0.2) is 24.0 Å². The number of para-hydroxylation sites is 1. The molecule has 1 aromatic carbocycles. The van der Waals surface area contributed by atoms with Gasteiger partial charge in [-0.15, -0.1) is 0 Å². The molecule has 1 fully saturated rings. The molecule has 2 heterocycles. The van der Waals surface area contributed by atoms with Gasteiger partial charge in [0.05, 0.1) is 12.1 Å². The Morgan fingerprint density at radius 1 is 1.28 bits per heavy atom. The van der Waals surface area contributed by atoms with Gasteiger partial charge >= 0.3 is 0 Å². The minimum absolute atomic E-state index is 0.00422. The van der Waals surface area contributed by atoms with Gasteiger partial charge in [0.25, 0.3) is 0 Å². The molecule has 1 atom stereocenters. The van der Waals surface area contributed by atoms with E-state index in [4.69, 9.17) is 4.74 Å². The van der Waals surface area contributed by atoms with Crippen LogP contribution in [0.5, 0.6) is 0 Å². The molecule has 1 aliphatic rings. The maximum absolute atomic E-state index is 12.5. The summed E-state index contributed by atoms with van der Waals surface area (Å²) in [5.41, 5.74) is 1.65. The van der Waals surface area contributed by atoms with Gasteiger partial charge < -0.3 is 4.74 Å². The van der Waals surface area contributed by atoms with E-state index in [9.17, 15) is 4.79 Å². The van der Waals surface area contributed by atoms with Gasteiger partial charge in [0.1, 0.15) is 0 Å². The second-order valence-electron chi connectivity index (χ2n) is 4.65. The van der Waals surface area contributed by atoms with E-state index in [0.29, 0.717) is 6.61 Å². The van der Waals surface area contributed by atoms with Gasteiger partial charge in [-0.05, 0) is 25.0 Å². The van der Waals surface area contributed by atoms with Crippen LogP contribution in [0.15, 0.2) is 36.5 Å². The van der Waals surface area contributed by atoms with Gasteiger partial charge in [-0.1, -0.05) is 18.2 Å². The van der Waals surface area contributed by atoms with E-state index in [2.05, 4.69) is 4.98 Å². The van der Waals surface area contributed by atoms with E-state index in [-0.39, 0.29) is 11.7 Å². The quantitative estimate of drug-likeness (QED) is 0.759. The van der Waals surface area contributed by atoms with Gasteiger partial charge in [0.2, 0.25) is 0 Å². The van der Waals surface area contributed by atoms with Crippen LogP contribution in [0.25, 0.3) is 10.9 Å². The van der Waals surface area contributed by atoms with Crippen molar-refractivity contribution in [2.75, 3.05) is 13.2 Å². The SMILES string of the molecule is O=C(c1ccnc2ccccc12)C1CCCOC1. The number of nitrogens with zero attached hydrogens (tertiary/aromatic N) is 1. The summed E-state index contributed by atoms with van der Waals surface area (Å²) >= 11 is 0. The number of ketones is 1. The van der Waals surface area contributed by atoms with Crippen LogP contribution in [0.4, 0.5) is 0 Å². The summed E-state index contributed by atoms with van der Waals surface area (Å²) in [7, 11) is 0. The van der Waals surface area contributed by atoms with Crippen LogP contribution < -0.4 is 0 Å². The van der Waals surface area contributed by atoms with Gasteiger partial charge in [-0.3, -0.25) is 9.78 Å². The Morgan fingerprint density at radius 2 is 2.17 bits per heavy atom. The van der Waals surface area contributed by atoms with Crippen molar-refractivity contribution in [2.45, 2.75) is 12.8 Å². The highest BCUT2D eigenvalue weighted by molar-refractivity contribution is 6.08. The maximum Gasteiger partial charge on any atom is 0.168 e. The van der Waals surface area contributed by atoms with E-state index in [0.717, 1.165) is 35.9 Å². The highest BCUT2D eigenvalue weighted by Crippen LogP contribution is 2.23. The first-order chi connectivity index (χ1) is 8.86. The fourth-order valence-corrected chi connectivity index (χ4v) is 2.48. The minimum atomic E-state index is 0.00422. The zero-order valence-corrected chi connectivity index (χ0v) is 10.1. The topological polar surface area (TPSA) is 39.2 Å². The number of hydrogen-bond acceptors (Lipinski definition) is 3. The third kappa shape index (κ3) is 2.02. The first kappa shape index (κ1) is 11.4. The normalized spacial score (nSPS) is 19.9. The fraction of sp³-hybridized carbons (Fsp3) is 0.333. The minimum Gasteiger partial charge on any atom is -0.381 e. The monoisotopic (exact) mass is 241 g/mol. The number of carbonyl (C=O) groups excluding carboxylic acids is 1. The Hall–Kier alpha value is -1.74. The number of rotatable bonds is 2. The zero-order valence-electron chi connectivity index (χ0n) is 10.1. The number of Topliss-reactive ketones (excluding diaryl/α,β-unsaturated/α-hetero) is 1. The van der Waals surface area contributed by atoms with Crippen molar-refractivity contribution in [2.24, 2.45) is 5.92 Å². The van der Waals surface area contributed by atoms with Crippen molar-refractivity contribution in [3.8, 4) is 0 Å². The number of pyridine rings is 1. The van der Waals surface area contributed by atoms with Crippen molar-refractivity contribution < 1.29 is 9.53 Å². The molecular weight excluding hydrogens is 226 g/mol. The molecule has 1 aliphatic heterocycles.